The topological polar surface area (TPSA) is 141 Å². The molecule has 0 saturated carbocycles. The zero-order valence-electron chi connectivity index (χ0n) is 19.6. The Bertz CT molecular complexity index is 1260. The van der Waals surface area contributed by atoms with E-state index in [1.165, 1.54) is 6.08 Å². The van der Waals surface area contributed by atoms with Gasteiger partial charge < -0.3 is 25.1 Å². The molecule has 0 aliphatic rings. The number of nitrogens with zero attached hydrogens (tertiary/aromatic N) is 5. The predicted molar refractivity (Wildman–Crippen MR) is 128 cm³/mol. The summed E-state index contributed by atoms with van der Waals surface area (Å²) in [7, 11) is 1.64. The van der Waals surface area contributed by atoms with Gasteiger partial charge in [0.25, 0.3) is 0 Å². The van der Waals surface area contributed by atoms with E-state index in [1.807, 2.05) is 57.2 Å². The third-order valence-corrected chi connectivity index (χ3v) is 5.19. The van der Waals surface area contributed by atoms with Crippen LogP contribution in [0.25, 0.3) is 6.08 Å². The number of hydrogen-bond acceptors (Lipinski definition) is 9. The molecule has 0 aliphatic carbocycles. The second-order valence-electron chi connectivity index (χ2n) is 7.59. The molecule has 3 N–H and O–H groups in total. The Morgan fingerprint density at radius 2 is 2.00 bits per heavy atom. The number of carbonyl (C=O) groups is 1. The van der Waals surface area contributed by atoms with E-state index in [-0.39, 0.29) is 29.9 Å². The van der Waals surface area contributed by atoms with E-state index in [1.54, 1.807) is 7.11 Å². The third kappa shape index (κ3) is 5.96. The van der Waals surface area contributed by atoms with Crippen molar-refractivity contribution in [2.75, 3.05) is 24.8 Å². The van der Waals surface area contributed by atoms with Gasteiger partial charge in [0.15, 0.2) is 12.4 Å². The van der Waals surface area contributed by atoms with Gasteiger partial charge >= 0.3 is 5.97 Å². The van der Waals surface area contributed by atoms with Gasteiger partial charge in [0.1, 0.15) is 11.6 Å². The molecule has 0 spiro atoms. The molecule has 3 rings (SSSR count). The number of hydrogen-bond donors (Lipinski definition) is 2. The first kappa shape index (κ1) is 24.4. The van der Waals surface area contributed by atoms with Crippen molar-refractivity contribution in [3.05, 3.63) is 64.2 Å². The van der Waals surface area contributed by atoms with Crippen LogP contribution in [-0.4, -0.2) is 39.2 Å². The zero-order chi connectivity index (χ0) is 24.7. The minimum Gasteiger partial charge on any atom is -0.453 e. The number of aryl methyl sites for hydroxylation is 2. The molecule has 2 aromatic heterocycles. The van der Waals surface area contributed by atoms with Crippen LogP contribution in [0.1, 0.15) is 28.3 Å². The fourth-order valence-electron chi connectivity index (χ4n) is 3.39. The summed E-state index contributed by atoms with van der Waals surface area (Å²) in [6.07, 6.45) is 1.51. The maximum Gasteiger partial charge on any atom is 0.349 e. The molecular formula is C24H27N7O3. The molecule has 0 saturated heterocycles. The van der Waals surface area contributed by atoms with Crippen LogP contribution in [0, 0.1) is 32.1 Å². The molecule has 0 unspecified atom stereocenters. The molecule has 0 atom stereocenters. The van der Waals surface area contributed by atoms with E-state index >= 15 is 0 Å². The third-order valence-electron chi connectivity index (χ3n) is 5.19. The van der Waals surface area contributed by atoms with E-state index in [0.717, 1.165) is 28.2 Å². The number of carbonyl (C=O) groups excluding carboxylic acids is 1. The monoisotopic (exact) mass is 461 g/mol. The summed E-state index contributed by atoms with van der Waals surface area (Å²) in [4.78, 5) is 24.9. The fourth-order valence-corrected chi connectivity index (χ4v) is 3.39. The van der Waals surface area contributed by atoms with Crippen LogP contribution in [0.15, 0.2) is 35.9 Å². The summed E-state index contributed by atoms with van der Waals surface area (Å²) in [6.45, 7) is 6.79. The summed E-state index contributed by atoms with van der Waals surface area (Å²) >= 11 is 0. The first-order valence-electron chi connectivity index (χ1n) is 10.6. The van der Waals surface area contributed by atoms with Gasteiger partial charge in [-0.25, -0.2) is 4.79 Å². The van der Waals surface area contributed by atoms with Crippen molar-refractivity contribution in [2.24, 2.45) is 0 Å². The average molecular weight is 462 g/mol. The van der Waals surface area contributed by atoms with Crippen molar-refractivity contribution >= 4 is 29.6 Å². The molecule has 0 amide bonds. The number of nitrogen functional groups attached to an aromatic ring is 1. The highest BCUT2D eigenvalue weighted by Crippen LogP contribution is 2.20. The SMILES string of the molecule is COCCn1c(C)cc(/C=C(/C#N)C(=O)OCc2nc(N)nc(Nc3ccccc3C)n2)c1C. The van der Waals surface area contributed by atoms with Gasteiger partial charge in [0.2, 0.25) is 11.9 Å². The van der Waals surface area contributed by atoms with E-state index in [2.05, 4.69) is 24.8 Å². The van der Waals surface area contributed by atoms with Gasteiger partial charge in [0.05, 0.1) is 6.61 Å². The lowest BCUT2D eigenvalue weighted by Gasteiger charge is -2.10. The highest BCUT2D eigenvalue weighted by atomic mass is 16.5. The molecule has 0 bridgehead atoms. The van der Waals surface area contributed by atoms with Crippen LogP contribution in [0.4, 0.5) is 17.6 Å². The number of nitriles is 1. The summed E-state index contributed by atoms with van der Waals surface area (Å²) in [5.41, 5.74) is 10.2. The number of methoxy groups -OCH3 is 1. The van der Waals surface area contributed by atoms with Gasteiger partial charge in [-0.15, -0.1) is 0 Å². The Labute approximate surface area is 198 Å². The van der Waals surface area contributed by atoms with Crippen molar-refractivity contribution in [3.63, 3.8) is 0 Å². The number of benzene rings is 1. The number of para-hydroxylation sites is 1. The number of nitrogens with one attached hydrogen (secondary N) is 1. The largest absolute Gasteiger partial charge is 0.453 e. The van der Waals surface area contributed by atoms with Crippen molar-refractivity contribution in [1.82, 2.24) is 19.5 Å². The Morgan fingerprint density at radius 1 is 1.24 bits per heavy atom. The van der Waals surface area contributed by atoms with Crippen molar-refractivity contribution in [1.29, 1.82) is 5.26 Å². The van der Waals surface area contributed by atoms with Crippen LogP contribution in [-0.2, 0) is 27.4 Å². The maximum atomic E-state index is 12.6. The van der Waals surface area contributed by atoms with Crippen LogP contribution >= 0.6 is 0 Å². The van der Waals surface area contributed by atoms with E-state index < -0.39 is 5.97 Å². The number of ether oxygens (including phenoxy) is 2. The lowest BCUT2D eigenvalue weighted by molar-refractivity contribution is -0.139. The second-order valence-corrected chi connectivity index (χ2v) is 7.59. The van der Waals surface area contributed by atoms with Crippen LogP contribution < -0.4 is 11.1 Å². The van der Waals surface area contributed by atoms with Crippen molar-refractivity contribution in [2.45, 2.75) is 33.9 Å². The Hall–Kier alpha value is -4.23. The number of rotatable bonds is 9. The minimum atomic E-state index is -0.781. The fraction of sp³-hybridized carbons (Fsp3) is 0.292. The lowest BCUT2D eigenvalue weighted by Crippen LogP contribution is -2.12. The summed E-state index contributed by atoms with van der Waals surface area (Å²) in [5, 5.41) is 12.6. The Morgan fingerprint density at radius 3 is 2.71 bits per heavy atom. The van der Waals surface area contributed by atoms with Crippen molar-refractivity contribution < 1.29 is 14.3 Å². The maximum absolute atomic E-state index is 12.6. The summed E-state index contributed by atoms with van der Waals surface area (Å²) in [6, 6.07) is 11.4. The van der Waals surface area contributed by atoms with Gasteiger partial charge in [-0.2, -0.15) is 20.2 Å². The lowest BCUT2D eigenvalue weighted by atomic mass is 10.1. The highest BCUT2D eigenvalue weighted by molar-refractivity contribution is 5.98. The normalized spacial score (nSPS) is 11.2. The standard InChI is InChI=1S/C24H27N7O3/c1-15-7-5-6-8-20(15)27-24-29-21(28-23(26)30-24)14-34-22(32)19(13-25)12-18-11-16(2)31(17(18)3)9-10-33-4/h5-8,11-12H,9-10,14H2,1-4H3,(H3,26,27,28,29,30)/b19-12-. The molecule has 10 nitrogen and oxygen atoms in total. The molecule has 1 aromatic carbocycles. The molecule has 10 heteroatoms. The van der Waals surface area contributed by atoms with E-state index in [0.29, 0.717) is 13.2 Å². The van der Waals surface area contributed by atoms with Crippen LogP contribution in [0.2, 0.25) is 0 Å². The molecule has 0 aliphatic heterocycles. The number of anilines is 3. The molecule has 0 radical (unpaired) electrons. The summed E-state index contributed by atoms with van der Waals surface area (Å²) in [5.74, 6) is -0.410. The second kappa shape index (κ2) is 11.1. The molecular weight excluding hydrogens is 434 g/mol. The minimum absolute atomic E-state index is 0.0170. The number of esters is 1. The average Bonchev–Trinajstić information content (AvgIpc) is 3.07. The molecule has 34 heavy (non-hydrogen) atoms. The Balaban J connectivity index is 1.73. The molecule has 0 fully saturated rings. The first-order chi connectivity index (χ1) is 16.3. The number of aromatic nitrogens is 4. The van der Waals surface area contributed by atoms with Crippen LogP contribution in [0.5, 0.6) is 0 Å². The van der Waals surface area contributed by atoms with Gasteiger partial charge in [-0.3, -0.25) is 0 Å². The summed E-state index contributed by atoms with van der Waals surface area (Å²) < 4.78 is 12.5. The Kier molecular flexibility index (Phi) is 7.95. The quantitative estimate of drug-likeness (QED) is 0.279. The molecule has 176 valence electrons. The first-order valence-corrected chi connectivity index (χ1v) is 10.6. The predicted octanol–water partition coefficient (Wildman–Crippen LogP) is 3.22. The highest BCUT2D eigenvalue weighted by Gasteiger charge is 2.16. The smallest absolute Gasteiger partial charge is 0.349 e. The molecule has 3 aromatic rings. The van der Waals surface area contributed by atoms with Gasteiger partial charge in [0, 0.05) is 30.7 Å². The van der Waals surface area contributed by atoms with Gasteiger partial charge in [-0.05, 0) is 50.1 Å². The number of nitrogens with two attached hydrogens (primary N) is 1. The van der Waals surface area contributed by atoms with E-state index in [4.69, 9.17) is 15.2 Å². The molecule has 2 heterocycles. The van der Waals surface area contributed by atoms with Crippen molar-refractivity contribution in [3.8, 4) is 6.07 Å². The van der Waals surface area contributed by atoms with E-state index in [9.17, 15) is 10.1 Å². The zero-order valence-corrected chi connectivity index (χ0v) is 19.6. The van der Waals surface area contributed by atoms with Gasteiger partial charge in [-0.1, -0.05) is 18.2 Å². The van der Waals surface area contributed by atoms with Crippen LogP contribution in [0.3, 0.4) is 0 Å².